The Kier molecular flexibility index (Phi) is 6.59. The number of ketones is 1. The average molecular weight is 503 g/mol. The van der Waals surface area contributed by atoms with Crippen LogP contribution in [0.4, 0.5) is 5.69 Å². The van der Waals surface area contributed by atoms with Gasteiger partial charge in [0.15, 0.2) is 23.4 Å². The molecule has 0 fully saturated rings. The normalized spacial score (nSPS) is 12.3. The molecule has 9 nitrogen and oxygen atoms in total. The minimum Gasteiger partial charge on any atom is -0.497 e. The second-order valence-corrected chi connectivity index (χ2v) is 8.74. The number of rotatable bonds is 8. The second kappa shape index (κ2) is 10.1. The molecule has 36 heavy (non-hydrogen) atoms. The van der Waals surface area contributed by atoms with Gasteiger partial charge in [-0.15, -0.1) is 10.2 Å². The summed E-state index contributed by atoms with van der Waals surface area (Å²) in [6, 6.07) is 20.1. The molecule has 0 saturated carbocycles. The van der Waals surface area contributed by atoms with Crippen LogP contribution in [-0.2, 0) is 4.79 Å². The number of aromatic nitrogens is 3. The maximum atomic E-state index is 13.0. The van der Waals surface area contributed by atoms with Gasteiger partial charge in [-0.3, -0.25) is 14.2 Å². The molecule has 1 aromatic heterocycles. The zero-order valence-corrected chi connectivity index (χ0v) is 20.4. The zero-order chi connectivity index (χ0) is 25.1. The van der Waals surface area contributed by atoms with Crippen molar-refractivity contribution in [2.75, 3.05) is 31.9 Å². The number of fused-ring (bicyclic) bond motifs is 1. The van der Waals surface area contributed by atoms with Crippen LogP contribution in [0.25, 0.3) is 17.1 Å². The Labute approximate surface area is 211 Å². The number of thioether (sulfide) groups is 1. The molecule has 3 aromatic carbocycles. The number of carbonyl (C=O) groups excluding carboxylic acids is 2. The van der Waals surface area contributed by atoms with Crippen LogP contribution < -0.4 is 19.5 Å². The van der Waals surface area contributed by atoms with Gasteiger partial charge in [-0.05, 0) is 54.6 Å². The van der Waals surface area contributed by atoms with Crippen molar-refractivity contribution in [3.05, 3.63) is 72.3 Å². The van der Waals surface area contributed by atoms with Crippen molar-refractivity contribution in [2.45, 2.75) is 5.16 Å². The van der Waals surface area contributed by atoms with E-state index in [0.29, 0.717) is 33.7 Å². The molecule has 182 valence electrons. The van der Waals surface area contributed by atoms with E-state index in [1.807, 2.05) is 53.1 Å². The van der Waals surface area contributed by atoms with Crippen LogP contribution in [0.5, 0.6) is 17.2 Å². The van der Waals surface area contributed by atoms with E-state index in [2.05, 4.69) is 15.5 Å². The summed E-state index contributed by atoms with van der Waals surface area (Å²) in [5, 5.41) is 12.1. The van der Waals surface area contributed by atoms with Crippen LogP contribution in [0, 0.1) is 0 Å². The van der Waals surface area contributed by atoms with Crippen molar-refractivity contribution in [1.82, 2.24) is 14.8 Å². The number of hydrogen-bond acceptors (Lipinski definition) is 8. The molecule has 4 aromatic rings. The number of para-hydroxylation sites is 1. The fraction of sp³-hybridized carbons (Fsp3) is 0.154. The first-order chi connectivity index (χ1) is 17.6. The lowest BCUT2D eigenvalue weighted by atomic mass is 10.1. The molecule has 1 aliphatic rings. The summed E-state index contributed by atoms with van der Waals surface area (Å²) in [5.74, 6) is 2.25. The van der Waals surface area contributed by atoms with Crippen molar-refractivity contribution >= 4 is 29.1 Å². The van der Waals surface area contributed by atoms with Crippen LogP contribution in [0.1, 0.15) is 10.4 Å². The molecule has 1 amide bonds. The summed E-state index contributed by atoms with van der Waals surface area (Å²) in [7, 11) is 3.21. The Morgan fingerprint density at radius 1 is 1.06 bits per heavy atom. The van der Waals surface area contributed by atoms with Crippen LogP contribution in [0.3, 0.4) is 0 Å². The Balaban J connectivity index is 1.46. The quantitative estimate of drug-likeness (QED) is 0.282. The lowest BCUT2D eigenvalue weighted by Gasteiger charge is -2.18. The lowest BCUT2D eigenvalue weighted by Crippen LogP contribution is -2.25. The molecule has 0 saturated heterocycles. The standard InChI is InChI=1S/C26H22N4O5S/c1-33-18-10-8-17(9-11-18)30-25(19-5-3-4-6-22(19)34-2)28-29-26(30)36-15-21(31)16-7-12-23-20(13-16)27-24(32)14-35-23/h3-13H,14-15H2,1-2H3,(H,27,32). The third-order valence-electron chi connectivity index (χ3n) is 5.58. The van der Waals surface area contributed by atoms with Gasteiger partial charge in [0.05, 0.1) is 36.9 Å². The van der Waals surface area contributed by atoms with Gasteiger partial charge in [0.25, 0.3) is 5.91 Å². The van der Waals surface area contributed by atoms with Crippen molar-refractivity contribution in [2.24, 2.45) is 0 Å². The summed E-state index contributed by atoms with van der Waals surface area (Å²) in [6.45, 7) is -0.0360. The highest BCUT2D eigenvalue weighted by atomic mass is 32.2. The summed E-state index contributed by atoms with van der Waals surface area (Å²) in [6.07, 6.45) is 0. The van der Waals surface area contributed by atoms with Gasteiger partial charge in [-0.2, -0.15) is 0 Å². The van der Waals surface area contributed by atoms with Gasteiger partial charge in [0, 0.05) is 5.56 Å². The van der Waals surface area contributed by atoms with Crippen LogP contribution in [0.15, 0.2) is 71.9 Å². The first kappa shape index (κ1) is 23.4. The zero-order valence-electron chi connectivity index (χ0n) is 19.6. The highest BCUT2D eigenvalue weighted by Gasteiger charge is 2.21. The van der Waals surface area contributed by atoms with Gasteiger partial charge in [-0.1, -0.05) is 23.9 Å². The largest absolute Gasteiger partial charge is 0.497 e. The van der Waals surface area contributed by atoms with E-state index in [0.717, 1.165) is 17.0 Å². The van der Waals surface area contributed by atoms with Crippen molar-refractivity contribution in [1.29, 1.82) is 0 Å². The van der Waals surface area contributed by atoms with E-state index in [-0.39, 0.29) is 24.1 Å². The Morgan fingerprint density at radius 2 is 1.86 bits per heavy atom. The molecule has 2 heterocycles. The van der Waals surface area contributed by atoms with Crippen LogP contribution >= 0.6 is 11.8 Å². The number of carbonyl (C=O) groups is 2. The van der Waals surface area contributed by atoms with E-state index < -0.39 is 0 Å². The number of methoxy groups -OCH3 is 2. The maximum absolute atomic E-state index is 13.0. The number of hydrogen-bond donors (Lipinski definition) is 1. The first-order valence-electron chi connectivity index (χ1n) is 11.0. The van der Waals surface area contributed by atoms with E-state index >= 15 is 0 Å². The number of anilines is 1. The number of Topliss-reactive ketones (excluding diaryl/α,β-unsaturated/α-hetero) is 1. The molecule has 0 spiro atoms. The van der Waals surface area contributed by atoms with E-state index in [1.54, 1.807) is 32.4 Å². The molecule has 0 aliphatic carbocycles. The SMILES string of the molecule is COc1ccc(-n2c(SCC(=O)c3ccc4c(c3)NC(=O)CO4)nnc2-c2ccccc2OC)cc1. The third kappa shape index (κ3) is 4.63. The minimum atomic E-state index is -0.252. The number of nitrogens with zero attached hydrogens (tertiary/aromatic N) is 3. The topological polar surface area (TPSA) is 105 Å². The summed E-state index contributed by atoms with van der Waals surface area (Å²) < 4.78 is 18.1. The molecule has 1 aliphatic heterocycles. The number of nitrogens with one attached hydrogen (secondary N) is 1. The molecular weight excluding hydrogens is 480 g/mol. The molecular formula is C26H22N4O5S. The Bertz CT molecular complexity index is 1430. The number of ether oxygens (including phenoxy) is 3. The second-order valence-electron chi connectivity index (χ2n) is 7.80. The van der Waals surface area contributed by atoms with Gasteiger partial charge < -0.3 is 19.5 Å². The van der Waals surface area contributed by atoms with E-state index in [1.165, 1.54) is 11.8 Å². The molecule has 1 N–H and O–H groups in total. The highest BCUT2D eigenvalue weighted by molar-refractivity contribution is 7.99. The average Bonchev–Trinajstić information content (AvgIpc) is 3.35. The first-order valence-corrected chi connectivity index (χ1v) is 12.0. The van der Waals surface area contributed by atoms with Crippen LogP contribution in [0.2, 0.25) is 0 Å². The molecule has 0 bridgehead atoms. The summed E-state index contributed by atoms with van der Waals surface area (Å²) >= 11 is 1.27. The lowest BCUT2D eigenvalue weighted by molar-refractivity contribution is -0.118. The summed E-state index contributed by atoms with van der Waals surface area (Å²) in [4.78, 5) is 24.7. The highest BCUT2D eigenvalue weighted by Crippen LogP contribution is 2.34. The van der Waals surface area contributed by atoms with Gasteiger partial charge in [-0.25, -0.2) is 0 Å². The van der Waals surface area contributed by atoms with Gasteiger partial charge in [0.1, 0.15) is 17.2 Å². The summed E-state index contributed by atoms with van der Waals surface area (Å²) in [5.41, 5.74) is 2.53. The van der Waals surface area contributed by atoms with Crippen LogP contribution in [-0.4, -0.2) is 53.0 Å². The van der Waals surface area contributed by atoms with Gasteiger partial charge in [0.2, 0.25) is 0 Å². The smallest absolute Gasteiger partial charge is 0.262 e. The molecule has 0 atom stereocenters. The van der Waals surface area contributed by atoms with Gasteiger partial charge >= 0.3 is 0 Å². The predicted octanol–water partition coefficient (Wildman–Crippen LogP) is 4.26. The molecule has 5 rings (SSSR count). The number of benzene rings is 3. The fourth-order valence-electron chi connectivity index (χ4n) is 3.80. The fourth-order valence-corrected chi connectivity index (χ4v) is 4.65. The van der Waals surface area contributed by atoms with E-state index in [9.17, 15) is 9.59 Å². The monoisotopic (exact) mass is 502 g/mol. The molecule has 0 radical (unpaired) electrons. The van der Waals surface area contributed by atoms with Crippen molar-refractivity contribution in [3.8, 4) is 34.3 Å². The van der Waals surface area contributed by atoms with Crippen molar-refractivity contribution in [3.63, 3.8) is 0 Å². The van der Waals surface area contributed by atoms with Crippen molar-refractivity contribution < 1.29 is 23.8 Å². The molecule has 10 heteroatoms. The predicted molar refractivity (Wildman–Crippen MR) is 136 cm³/mol. The number of amides is 1. The third-order valence-corrected chi connectivity index (χ3v) is 6.51. The molecule has 0 unspecified atom stereocenters. The Morgan fingerprint density at radius 3 is 2.64 bits per heavy atom. The van der Waals surface area contributed by atoms with E-state index in [4.69, 9.17) is 14.2 Å². The maximum Gasteiger partial charge on any atom is 0.262 e. The minimum absolute atomic E-state index is 0.0360. The Hall–Kier alpha value is -4.31.